The van der Waals surface area contributed by atoms with Gasteiger partial charge in [-0.05, 0) is 25.5 Å². The van der Waals surface area contributed by atoms with Crippen molar-refractivity contribution in [3.8, 4) is 6.01 Å². The molecule has 18 heavy (non-hydrogen) atoms. The van der Waals surface area contributed by atoms with Gasteiger partial charge < -0.3 is 15.4 Å². The Morgan fingerprint density at radius 1 is 1.22 bits per heavy atom. The van der Waals surface area contributed by atoms with E-state index in [2.05, 4.69) is 31.8 Å². The summed E-state index contributed by atoms with van der Waals surface area (Å²) in [6.07, 6.45) is 5.73. The lowest BCUT2D eigenvalue weighted by Crippen LogP contribution is -2.19. The zero-order valence-electron chi connectivity index (χ0n) is 10.9. The van der Waals surface area contributed by atoms with Crippen molar-refractivity contribution in [1.29, 1.82) is 0 Å². The highest BCUT2D eigenvalue weighted by Crippen LogP contribution is 2.29. The Bertz CT molecular complexity index is 381. The monoisotopic (exact) mass is 269 g/mol. The SMILES string of the molecule is CNc1nc(NC2CCC(SC)C2)nc(OC)n1. The molecule has 1 fully saturated rings. The van der Waals surface area contributed by atoms with E-state index in [1.54, 1.807) is 14.2 Å². The first kappa shape index (κ1) is 13.2. The molecule has 1 aromatic rings. The van der Waals surface area contributed by atoms with Gasteiger partial charge >= 0.3 is 6.01 Å². The molecule has 2 N–H and O–H groups in total. The minimum Gasteiger partial charge on any atom is -0.467 e. The first-order valence-corrected chi connectivity index (χ1v) is 7.31. The van der Waals surface area contributed by atoms with E-state index in [9.17, 15) is 0 Å². The van der Waals surface area contributed by atoms with Crippen LogP contribution in [0.4, 0.5) is 11.9 Å². The summed E-state index contributed by atoms with van der Waals surface area (Å²) in [5.74, 6) is 1.10. The average Bonchev–Trinajstić information content (AvgIpc) is 2.85. The molecule has 0 radical (unpaired) electrons. The molecule has 2 rings (SSSR count). The fourth-order valence-electron chi connectivity index (χ4n) is 2.09. The maximum absolute atomic E-state index is 5.06. The first-order valence-electron chi connectivity index (χ1n) is 6.02. The Morgan fingerprint density at radius 2 is 2.00 bits per heavy atom. The Morgan fingerprint density at radius 3 is 2.61 bits per heavy atom. The number of thioether (sulfide) groups is 1. The predicted octanol–water partition coefficient (Wildman–Crippen LogP) is 1.62. The summed E-state index contributed by atoms with van der Waals surface area (Å²) in [5.41, 5.74) is 0. The minimum absolute atomic E-state index is 0.330. The molecule has 0 aromatic carbocycles. The standard InChI is InChI=1S/C11H19N5OS/c1-12-9-14-10(16-11(15-9)17-2)13-7-4-5-8(6-7)18-3/h7-8H,4-6H2,1-3H3,(H2,12,13,14,15,16). The Kier molecular flexibility index (Phi) is 4.46. The second-order valence-electron chi connectivity index (χ2n) is 4.23. The van der Waals surface area contributed by atoms with E-state index in [0.29, 0.717) is 23.9 Å². The van der Waals surface area contributed by atoms with E-state index in [1.807, 2.05) is 11.8 Å². The topological polar surface area (TPSA) is 72.0 Å². The molecule has 0 spiro atoms. The number of ether oxygens (including phenoxy) is 1. The van der Waals surface area contributed by atoms with E-state index in [-0.39, 0.29) is 0 Å². The summed E-state index contributed by atoms with van der Waals surface area (Å²) in [6.45, 7) is 0. The summed E-state index contributed by atoms with van der Waals surface area (Å²) < 4.78 is 5.06. The van der Waals surface area contributed by atoms with Gasteiger partial charge in [-0.15, -0.1) is 0 Å². The lowest BCUT2D eigenvalue weighted by Gasteiger charge is -2.13. The van der Waals surface area contributed by atoms with Crippen LogP contribution in [0.2, 0.25) is 0 Å². The summed E-state index contributed by atoms with van der Waals surface area (Å²) >= 11 is 1.93. The molecule has 1 aliphatic rings. The van der Waals surface area contributed by atoms with E-state index in [1.165, 1.54) is 6.42 Å². The fraction of sp³-hybridized carbons (Fsp3) is 0.727. The van der Waals surface area contributed by atoms with Gasteiger partial charge in [0.1, 0.15) is 0 Å². The van der Waals surface area contributed by atoms with Crippen molar-refractivity contribution in [3.05, 3.63) is 0 Å². The van der Waals surface area contributed by atoms with Gasteiger partial charge in [-0.1, -0.05) is 0 Å². The zero-order valence-corrected chi connectivity index (χ0v) is 11.8. The van der Waals surface area contributed by atoms with Crippen molar-refractivity contribution in [2.24, 2.45) is 0 Å². The van der Waals surface area contributed by atoms with E-state index in [4.69, 9.17) is 4.74 Å². The minimum atomic E-state index is 0.330. The van der Waals surface area contributed by atoms with Crippen LogP contribution in [0.25, 0.3) is 0 Å². The van der Waals surface area contributed by atoms with Crippen LogP contribution in [0.3, 0.4) is 0 Å². The molecule has 0 amide bonds. The lowest BCUT2D eigenvalue weighted by atomic mass is 10.2. The smallest absolute Gasteiger partial charge is 0.322 e. The molecule has 1 aromatic heterocycles. The first-order chi connectivity index (χ1) is 8.75. The highest BCUT2D eigenvalue weighted by atomic mass is 32.2. The molecular formula is C11H19N5OS. The predicted molar refractivity (Wildman–Crippen MR) is 74.5 cm³/mol. The van der Waals surface area contributed by atoms with Crippen LogP contribution in [-0.2, 0) is 0 Å². The van der Waals surface area contributed by atoms with Crippen molar-refractivity contribution < 1.29 is 4.74 Å². The molecule has 2 atom stereocenters. The third kappa shape index (κ3) is 3.16. The van der Waals surface area contributed by atoms with E-state index < -0.39 is 0 Å². The molecule has 0 aliphatic heterocycles. The van der Waals surface area contributed by atoms with Crippen LogP contribution in [0.1, 0.15) is 19.3 Å². The van der Waals surface area contributed by atoms with Crippen LogP contribution in [0.15, 0.2) is 0 Å². The average molecular weight is 269 g/mol. The second kappa shape index (κ2) is 6.08. The quantitative estimate of drug-likeness (QED) is 0.841. The van der Waals surface area contributed by atoms with E-state index in [0.717, 1.165) is 18.1 Å². The van der Waals surface area contributed by atoms with Gasteiger partial charge in [-0.3, -0.25) is 0 Å². The van der Waals surface area contributed by atoms with E-state index >= 15 is 0 Å². The molecule has 6 nitrogen and oxygen atoms in total. The third-order valence-electron chi connectivity index (χ3n) is 3.07. The Hall–Kier alpha value is -1.24. The summed E-state index contributed by atoms with van der Waals surface area (Å²) in [4.78, 5) is 12.6. The summed E-state index contributed by atoms with van der Waals surface area (Å²) in [5, 5.41) is 7.00. The fourth-order valence-corrected chi connectivity index (χ4v) is 2.89. The number of anilines is 2. The molecule has 0 saturated heterocycles. The second-order valence-corrected chi connectivity index (χ2v) is 5.37. The molecule has 100 valence electrons. The molecule has 1 aliphatic carbocycles. The third-order valence-corrected chi connectivity index (χ3v) is 4.17. The van der Waals surface area contributed by atoms with Crippen molar-refractivity contribution in [1.82, 2.24) is 15.0 Å². The van der Waals surface area contributed by atoms with Gasteiger partial charge in [0, 0.05) is 18.3 Å². The highest BCUT2D eigenvalue weighted by Gasteiger charge is 2.24. The molecule has 7 heteroatoms. The van der Waals surface area contributed by atoms with Gasteiger partial charge in [0.2, 0.25) is 11.9 Å². The molecule has 1 heterocycles. The number of hydrogen-bond acceptors (Lipinski definition) is 7. The Balaban J connectivity index is 2.04. The maximum Gasteiger partial charge on any atom is 0.322 e. The van der Waals surface area contributed by atoms with Crippen LogP contribution in [-0.4, -0.2) is 46.7 Å². The number of rotatable bonds is 5. The number of hydrogen-bond donors (Lipinski definition) is 2. The van der Waals surface area contributed by atoms with Gasteiger partial charge in [-0.2, -0.15) is 26.7 Å². The van der Waals surface area contributed by atoms with Gasteiger partial charge in [0.05, 0.1) is 7.11 Å². The number of nitrogens with zero attached hydrogens (tertiary/aromatic N) is 3. The maximum atomic E-state index is 5.06. The van der Waals surface area contributed by atoms with Gasteiger partial charge in [-0.25, -0.2) is 0 Å². The number of nitrogens with one attached hydrogen (secondary N) is 2. The molecule has 1 saturated carbocycles. The zero-order chi connectivity index (χ0) is 13.0. The summed E-state index contributed by atoms with van der Waals surface area (Å²) in [6, 6.07) is 0.774. The molecule has 2 unspecified atom stereocenters. The molecule has 0 bridgehead atoms. The van der Waals surface area contributed by atoms with Gasteiger partial charge in [0.15, 0.2) is 0 Å². The largest absolute Gasteiger partial charge is 0.467 e. The number of methoxy groups -OCH3 is 1. The van der Waals surface area contributed by atoms with Gasteiger partial charge in [0.25, 0.3) is 0 Å². The highest BCUT2D eigenvalue weighted by molar-refractivity contribution is 7.99. The van der Waals surface area contributed by atoms with Crippen molar-refractivity contribution in [2.45, 2.75) is 30.6 Å². The van der Waals surface area contributed by atoms with Crippen LogP contribution in [0, 0.1) is 0 Å². The van der Waals surface area contributed by atoms with Crippen LogP contribution < -0.4 is 15.4 Å². The van der Waals surface area contributed by atoms with Crippen molar-refractivity contribution >= 4 is 23.7 Å². The number of aromatic nitrogens is 3. The van der Waals surface area contributed by atoms with Crippen molar-refractivity contribution in [2.75, 3.05) is 31.0 Å². The van der Waals surface area contributed by atoms with Crippen LogP contribution in [0.5, 0.6) is 6.01 Å². The Labute approximate surface area is 111 Å². The molecular weight excluding hydrogens is 250 g/mol. The summed E-state index contributed by atoms with van der Waals surface area (Å²) in [7, 11) is 3.33. The normalized spacial score (nSPS) is 22.8. The van der Waals surface area contributed by atoms with Crippen molar-refractivity contribution in [3.63, 3.8) is 0 Å². The van der Waals surface area contributed by atoms with Crippen LogP contribution >= 0.6 is 11.8 Å². The lowest BCUT2D eigenvalue weighted by molar-refractivity contribution is 0.379.